The molecule has 0 bridgehead atoms. The summed E-state index contributed by atoms with van der Waals surface area (Å²) in [6.07, 6.45) is 24.7. The summed E-state index contributed by atoms with van der Waals surface area (Å²) < 4.78 is 0. The predicted octanol–water partition coefficient (Wildman–Crippen LogP) is 2.01. The summed E-state index contributed by atoms with van der Waals surface area (Å²) in [6.45, 7) is 2.15. The molecule has 0 aliphatic rings. The van der Waals surface area contributed by atoms with Crippen LogP contribution in [0.3, 0.4) is 0 Å². The van der Waals surface area contributed by atoms with Gasteiger partial charge in [-0.15, -0.1) is 6.42 Å². The molecule has 0 radical (unpaired) electrons. The Morgan fingerprint density at radius 3 is 2.00 bits per heavy atom. The van der Waals surface area contributed by atoms with Crippen LogP contribution in [0.25, 0.3) is 0 Å². The normalized spacial score (nSPS) is 13.6. The molecule has 0 spiro atoms. The van der Waals surface area contributed by atoms with Crippen LogP contribution in [0.1, 0.15) is 84.0 Å². The number of allylic oxidation sites excluding steroid dienone is 6. The fourth-order valence-electron chi connectivity index (χ4n) is 2.61. The van der Waals surface area contributed by atoms with Crippen LogP contribution < -0.4 is 29.6 Å². The van der Waals surface area contributed by atoms with Crippen LogP contribution in [0.15, 0.2) is 36.5 Å². The average molecular weight is 390 g/mol. The van der Waals surface area contributed by atoms with Crippen molar-refractivity contribution < 1.29 is 50.0 Å². The summed E-state index contributed by atoms with van der Waals surface area (Å²) >= 11 is 0. The quantitative estimate of drug-likeness (QED) is 0.172. The first-order valence-corrected chi connectivity index (χ1v) is 9.86. The maximum Gasteiger partial charge on any atom is 1.00 e. The molecule has 0 amide bonds. The van der Waals surface area contributed by atoms with E-state index in [0.29, 0.717) is 6.42 Å². The maximum absolute atomic E-state index is 10.1. The molecule has 0 saturated heterocycles. The molecule has 0 saturated carbocycles. The molecule has 0 aromatic heterocycles. The molecule has 4 nitrogen and oxygen atoms in total. The molecule has 0 unspecified atom stereocenters. The molecule has 0 aromatic carbocycles. The molecule has 0 aliphatic heterocycles. The van der Waals surface area contributed by atoms with Crippen LogP contribution in [0, 0.1) is 0 Å². The molecular formula is C22H38NaO4-. The third-order valence-electron chi connectivity index (χ3n) is 4.05. The Morgan fingerprint density at radius 2 is 1.37 bits per heavy atom. The molecule has 0 rings (SSSR count). The number of rotatable bonds is 17. The van der Waals surface area contributed by atoms with Gasteiger partial charge in [-0.2, -0.15) is 0 Å². The van der Waals surface area contributed by atoms with E-state index in [1.165, 1.54) is 19.3 Å². The first-order chi connectivity index (χ1) is 12.2. The Morgan fingerprint density at radius 1 is 0.815 bits per heavy atom. The van der Waals surface area contributed by atoms with Crippen molar-refractivity contribution in [2.24, 2.45) is 0 Å². The summed E-state index contributed by atoms with van der Waals surface area (Å²) in [5, 5.41) is 19.2. The van der Waals surface area contributed by atoms with Crippen molar-refractivity contribution in [2.45, 2.75) is 96.2 Å². The topological polar surface area (TPSA) is 87.5 Å². The van der Waals surface area contributed by atoms with E-state index < -0.39 is 12.2 Å². The summed E-state index contributed by atoms with van der Waals surface area (Å²) in [5.41, 5.74) is 0. The summed E-state index contributed by atoms with van der Waals surface area (Å²) in [4.78, 5) is 10.1. The molecule has 0 fully saturated rings. The van der Waals surface area contributed by atoms with Crippen LogP contribution in [0.5, 0.6) is 0 Å². The minimum Gasteiger partial charge on any atom is -0.870 e. The first kappa shape index (κ1) is 31.5. The predicted molar refractivity (Wildman–Crippen MR) is 108 cm³/mol. The van der Waals surface area contributed by atoms with E-state index in [9.17, 15) is 15.0 Å². The Kier molecular flexibility index (Phi) is 30.0. The van der Waals surface area contributed by atoms with Crippen LogP contribution in [0.2, 0.25) is 0 Å². The zero-order valence-corrected chi connectivity index (χ0v) is 19.4. The molecule has 152 valence electrons. The molecule has 0 heterocycles. The van der Waals surface area contributed by atoms with Crippen LogP contribution in [0.4, 0.5) is 0 Å². The van der Waals surface area contributed by atoms with Gasteiger partial charge in [0.1, 0.15) is 0 Å². The third-order valence-corrected chi connectivity index (χ3v) is 4.05. The average Bonchev–Trinajstić information content (AvgIpc) is 2.58. The van der Waals surface area contributed by atoms with E-state index in [2.05, 4.69) is 43.4 Å². The molecule has 2 atom stereocenters. The van der Waals surface area contributed by atoms with Gasteiger partial charge in [0.25, 0.3) is 0 Å². The van der Waals surface area contributed by atoms with Gasteiger partial charge < -0.3 is 20.5 Å². The fraction of sp³-hybridized carbons (Fsp3) is 0.682. The van der Waals surface area contributed by atoms with Crippen molar-refractivity contribution in [3.05, 3.63) is 36.5 Å². The molecule has 3 N–H and O–H groups in total. The Bertz CT molecular complexity index is 381. The van der Waals surface area contributed by atoms with Crippen LogP contribution in [-0.2, 0) is 4.79 Å². The van der Waals surface area contributed by atoms with Crippen molar-refractivity contribution in [1.29, 1.82) is 0 Å². The molecule has 0 aromatic rings. The van der Waals surface area contributed by atoms with Crippen molar-refractivity contribution in [3.8, 4) is 0 Å². The van der Waals surface area contributed by atoms with Gasteiger partial charge in [0, 0.05) is 6.10 Å². The van der Waals surface area contributed by atoms with E-state index in [1.54, 1.807) is 6.29 Å². The van der Waals surface area contributed by atoms with Crippen molar-refractivity contribution in [2.75, 3.05) is 0 Å². The molecule has 27 heavy (non-hydrogen) atoms. The smallest absolute Gasteiger partial charge is 0.870 e. The van der Waals surface area contributed by atoms with Crippen molar-refractivity contribution in [1.82, 2.24) is 0 Å². The fourth-order valence-corrected chi connectivity index (χ4v) is 2.61. The second kappa shape index (κ2) is 25.8. The SMILES string of the molecule is CC/C=C\C/C=C\C/C=C\CCCCCCC[C@@H](O)C[C@@H](O)C[C-]=O.[Na+].[OH-]. The Balaban J connectivity index is -0.00000288. The summed E-state index contributed by atoms with van der Waals surface area (Å²) in [7, 11) is 0. The van der Waals surface area contributed by atoms with Gasteiger partial charge in [-0.1, -0.05) is 69.1 Å². The number of carbonyl (C=O) groups excluding carboxylic acids is 1. The van der Waals surface area contributed by atoms with Gasteiger partial charge in [0.05, 0.1) is 6.10 Å². The van der Waals surface area contributed by atoms with Gasteiger partial charge in [0.2, 0.25) is 0 Å². The number of aliphatic hydroxyl groups is 2. The zero-order valence-electron chi connectivity index (χ0n) is 17.4. The van der Waals surface area contributed by atoms with Crippen LogP contribution in [-0.4, -0.2) is 34.2 Å². The van der Waals surface area contributed by atoms with E-state index >= 15 is 0 Å². The van der Waals surface area contributed by atoms with E-state index in [4.69, 9.17) is 0 Å². The standard InChI is InChI=1S/C22H37O3.Na.H2O/c1-2-3-4-5-6-7-8-9-10-11-12-13-14-15-16-17-21(24)20-22(25)18-19-23;;/h3-4,6-7,9-10,21-22,24-25H,2,5,8,11-18,20H2,1H3;;1H2/q-1;+1;/p-1/b4-3-,7-6-,10-9-;;/t21-,22+;;/m1../s1. The molecule has 0 aliphatic carbocycles. The van der Waals surface area contributed by atoms with Crippen molar-refractivity contribution >= 4 is 6.29 Å². The van der Waals surface area contributed by atoms with Gasteiger partial charge in [0.15, 0.2) is 0 Å². The molecular weight excluding hydrogens is 351 g/mol. The first-order valence-electron chi connectivity index (χ1n) is 9.86. The van der Waals surface area contributed by atoms with Gasteiger partial charge >= 0.3 is 29.6 Å². The summed E-state index contributed by atoms with van der Waals surface area (Å²) in [6, 6.07) is 0. The monoisotopic (exact) mass is 389 g/mol. The number of hydrogen-bond donors (Lipinski definition) is 2. The number of hydrogen-bond acceptors (Lipinski definition) is 4. The van der Waals surface area contributed by atoms with Gasteiger partial charge in [-0.3, -0.25) is 6.29 Å². The van der Waals surface area contributed by atoms with Gasteiger partial charge in [-0.05, 0) is 44.9 Å². The minimum absolute atomic E-state index is 0. The van der Waals surface area contributed by atoms with Crippen molar-refractivity contribution in [3.63, 3.8) is 0 Å². The van der Waals surface area contributed by atoms with E-state index in [0.717, 1.165) is 38.5 Å². The summed E-state index contributed by atoms with van der Waals surface area (Å²) in [5.74, 6) is 0. The Hall–Kier alpha value is -0.230. The zero-order chi connectivity index (χ0) is 18.6. The van der Waals surface area contributed by atoms with Gasteiger partial charge in [-0.25, -0.2) is 0 Å². The Labute approximate surface area is 188 Å². The van der Waals surface area contributed by atoms with E-state index in [-0.39, 0.29) is 47.9 Å². The van der Waals surface area contributed by atoms with Crippen LogP contribution >= 0.6 is 0 Å². The minimum atomic E-state index is -0.748. The number of unbranched alkanes of at least 4 members (excludes halogenated alkanes) is 5. The molecule has 5 heteroatoms. The maximum atomic E-state index is 10.1. The second-order valence-corrected chi connectivity index (χ2v) is 6.53. The van der Waals surface area contributed by atoms with E-state index in [1.807, 2.05) is 0 Å². The largest absolute Gasteiger partial charge is 1.00 e. The third kappa shape index (κ3) is 25.8. The number of aliphatic hydroxyl groups excluding tert-OH is 2. The second-order valence-electron chi connectivity index (χ2n) is 6.53.